The van der Waals surface area contributed by atoms with Crippen LogP contribution in [0, 0.1) is 0 Å². The van der Waals surface area contributed by atoms with Gasteiger partial charge in [-0.2, -0.15) is 0 Å². The molecule has 2 rings (SSSR count). The van der Waals surface area contributed by atoms with Crippen LogP contribution in [0.3, 0.4) is 0 Å². The lowest BCUT2D eigenvalue weighted by atomic mass is 10.1. The van der Waals surface area contributed by atoms with Gasteiger partial charge in [0.05, 0.1) is 0 Å². The molecule has 0 bridgehead atoms. The third-order valence-corrected chi connectivity index (χ3v) is 5.18. The van der Waals surface area contributed by atoms with E-state index in [0.29, 0.717) is 10.6 Å². The summed E-state index contributed by atoms with van der Waals surface area (Å²) in [4.78, 5) is 23.2. The highest BCUT2D eigenvalue weighted by atomic mass is 35.5. The van der Waals surface area contributed by atoms with E-state index in [4.69, 9.17) is 11.6 Å². The minimum Gasteiger partial charge on any atom is -0.302 e. The fourth-order valence-corrected chi connectivity index (χ4v) is 3.59. The van der Waals surface area contributed by atoms with Crippen molar-refractivity contribution in [3.05, 3.63) is 61.9 Å². The number of halogens is 1. The summed E-state index contributed by atoms with van der Waals surface area (Å²) in [5.41, 5.74) is -0.775. The summed E-state index contributed by atoms with van der Waals surface area (Å²) in [6.07, 6.45) is 1.02. The zero-order valence-electron chi connectivity index (χ0n) is 12.8. The van der Waals surface area contributed by atoms with Gasteiger partial charge in [-0.15, -0.1) is 0 Å². The van der Waals surface area contributed by atoms with Gasteiger partial charge in [-0.25, -0.2) is 17.9 Å². The third-order valence-electron chi connectivity index (χ3n) is 3.41. The van der Waals surface area contributed by atoms with E-state index < -0.39 is 32.2 Å². The second-order valence-electron chi connectivity index (χ2n) is 5.15. The SMILES string of the molecule is C[C@@H](NS(=O)(=O)c1cn(C)c(=O)n(C)c1=O)c1ccc(Cl)cc1. The summed E-state index contributed by atoms with van der Waals surface area (Å²) in [7, 11) is -1.48. The normalized spacial score (nSPS) is 13.0. The predicted molar refractivity (Wildman–Crippen MR) is 87.1 cm³/mol. The van der Waals surface area contributed by atoms with Gasteiger partial charge in [0, 0.05) is 31.4 Å². The number of hydrogen-bond donors (Lipinski definition) is 1. The Hall–Kier alpha value is -1.90. The van der Waals surface area contributed by atoms with Crippen molar-refractivity contribution in [1.29, 1.82) is 0 Å². The molecule has 1 heterocycles. The first-order valence-corrected chi connectivity index (χ1v) is 8.54. The predicted octanol–water partition coefficient (Wildman–Crippen LogP) is 0.777. The Balaban J connectivity index is 2.42. The summed E-state index contributed by atoms with van der Waals surface area (Å²) in [5, 5.41) is 0.538. The van der Waals surface area contributed by atoms with Gasteiger partial charge in [-0.1, -0.05) is 23.7 Å². The zero-order chi connectivity index (χ0) is 17.4. The Morgan fingerprint density at radius 2 is 1.70 bits per heavy atom. The number of rotatable bonds is 4. The molecule has 7 nitrogen and oxygen atoms in total. The molecular formula is C14H16ClN3O4S. The maximum absolute atomic E-state index is 12.5. The van der Waals surface area contributed by atoms with Gasteiger partial charge in [-0.3, -0.25) is 9.36 Å². The third kappa shape index (κ3) is 3.54. The molecule has 0 fully saturated rings. The van der Waals surface area contributed by atoms with Crippen molar-refractivity contribution >= 4 is 21.6 Å². The Morgan fingerprint density at radius 3 is 2.26 bits per heavy atom. The lowest BCUT2D eigenvalue weighted by molar-refractivity contribution is 0.557. The Morgan fingerprint density at radius 1 is 1.13 bits per heavy atom. The lowest BCUT2D eigenvalue weighted by Crippen LogP contribution is -2.41. The molecule has 1 N–H and O–H groups in total. The van der Waals surface area contributed by atoms with Crippen molar-refractivity contribution in [2.24, 2.45) is 14.1 Å². The van der Waals surface area contributed by atoms with Gasteiger partial charge < -0.3 is 4.57 Å². The molecule has 0 aliphatic rings. The van der Waals surface area contributed by atoms with Crippen LogP contribution in [0.25, 0.3) is 0 Å². The molecule has 0 radical (unpaired) electrons. The van der Waals surface area contributed by atoms with Crippen LogP contribution in [0.1, 0.15) is 18.5 Å². The topological polar surface area (TPSA) is 90.2 Å². The van der Waals surface area contributed by atoms with Crippen molar-refractivity contribution in [1.82, 2.24) is 13.9 Å². The smallest absolute Gasteiger partial charge is 0.302 e. The van der Waals surface area contributed by atoms with Crippen molar-refractivity contribution < 1.29 is 8.42 Å². The number of aryl methyl sites for hydroxylation is 1. The molecule has 0 spiro atoms. The molecule has 9 heteroatoms. The van der Waals surface area contributed by atoms with Gasteiger partial charge in [0.2, 0.25) is 10.0 Å². The highest BCUT2D eigenvalue weighted by molar-refractivity contribution is 7.89. The standard InChI is InChI=1S/C14H16ClN3O4S/c1-9(10-4-6-11(15)7-5-10)16-23(21,22)12-8-17(2)14(20)18(3)13(12)19/h4-9,16H,1-3H3/t9-/m1/s1. The minimum absolute atomic E-state index is 0.483. The molecule has 1 aromatic heterocycles. The average molecular weight is 358 g/mol. The molecule has 0 unspecified atom stereocenters. The minimum atomic E-state index is -4.09. The maximum atomic E-state index is 12.5. The molecule has 1 aromatic carbocycles. The molecule has 23 heavy (non-hydrogen) atoms. The first-order valence-electron chi connectivity index (χ1n) is 6.68. The molecular weight excluding hydrogens is 342 g/mol. The number of aromatic nitrogens is 2. The van der Waals surface area contributed by atoms with Crippen LogP contribution in [-0.4, -0.2) is 17.6 Å². The van der Waals surface area contributed by atoms with E-state index >= 15 is 0 Å². The summed E-state index contributed by atoms with van der Waals surface area (Å²) >= 11 is 5.80. The average Bonchev–Trinajstić information content (AvgIpc) is 2.48. The van der Waals surface area contributed by atoms with E-state index in [1.807, 2.05) is 0 Å². The molecule has 0 aliphatic heterocycles. The van der Waals surface area contributed by atoms with E-state index in [1.54, 1.807) is 31.2 Å². The zero-order valence-corrected chi connectivity index (χ0v) is 14.4. The maximum Gasteiger partial charge on any atom is 0.330 e. The quantitative estimate of drug-likeness (QED) is 0.875. The van der Waals surface area contributed by atoms with E-state index in [9.17, 15) is 18.0 Å². The first-order chi connectivity index (χ1) is 10.6. The van der Waals surface area contributed by atoms with Crippen LogP contribution in [0.15, 0.2) is 44.9 Å². The van der Waals surface area contributed by atoms with E-state index in [1.165, 1.54) is 14.1 Å². The van der Waals surface area contributed by atoms with Crippen molar-refractivity contribution in [3.8, 4) is 0 Å². The molecule has 0 aliphatic carbocycles. The summed E-state index contributed by atoms with van der Waals surface area (Å²) in [5.74, 6) is 0. The van der Waals surface area contributed by atoms with Crippen molar-refractivity contribution in [2.75, 3.05) is 0 Å². The number of hydrogen-bond acceptors (Lipinski definition) is 4. The second-order valence-corrected chi connectivity index (χ2v) is 7.26. The van der Waals surface area contributed by atoms with E-state index in [2.05, 4.69) is 4.72 Å². The summed E-state index contributed by atoms with van der Waals surface area (Å²) in [6, 6.07) is 6.10. The molecule has 0 amide bonds. The van der Waals surface area contributed by atoms with Gasteiger partial charge in [0.15, 0.2) is 4.90 Å². The van der Waals surface area contributed by atoms with Crippen LogP contribution in [0.4, 0.5) is 0 Å². The van der Waals surface area contributed by atoms with Crippen LogP contribution < -0.4 is 16.0 Å². The second kappa shape index (κ2) is 6.31. The Kier molecular flexibility index (Phi) is 4.79. The van der Waals surface area contributed by atoms with Crippen LogP contribution in [-0.2, 0) is 24.1 Å². The van der Waals surface area contributed by atoms with Gasteiger partial charge in [0.25, 0.3) is 5.56 Å². The molecule has 0 saturated heterocycles. The van der Waals surface area contributed by atoms with Crippen LogP contribution in [0.5, 0.6) is 0 Å². The lowest BCUT2D eigenvalue weighted by Gasteiger charge is -2.15. The summed E-state index contributed by atoms with van der Waals surface area (Å²) < 4.78 is 29.1. The molecule has 124 valence electrons. The van der Waals surface area contributed by atoms with Gasteiger partial charge in [-0.05, 0) is 24.6 Å². The Labute approximate surface area is 138 Å². The van der Waals surface area contributed by atoms with Gasteiger partial charge in [0.1, 0.15) is 0 Å². The van der Waals surface area contributed by atoms with Crippen LogP contribution in [0.2, 0.25) is 5.02 Å². The largest absolute Gasteiger partial charge is 0.330 e. The van der Waals surface area contributed by atoms with Crippen LogP contribution >= 0.6 is 11.6 Å². The van der Waals surface area contributed by atoms with Crippen molar-refractivity contribution in [2.45, 2.75) is 17.9 Å². The van der Waals surface area contributed by atoms with Crippen molar-refractivity contribution in [3.63, 3.8) is 0 Å². The molecule has 1 atom stereocenters. The number of nitrogens with zero attached hydrogens (tertiary/aromatic N) is 2. The molecule has 0 saturated carbocycles. The monoisotopic (exact) mass is 357 g/mol. The highest BCUT2D eigenvalue weighted by Gasteiger charge is 2.23. The van der Waals surface area contributed by atoms with Gasteiger partial charge >= 0.3 is 5.69 Å². The fraction of sp³-hybridized carbons (Fsp3) is 0.286. The molecule has 2 aromatic rings. The summed E-state index contributed by atoms with van der Waals surface area (Å²) in [6.45, 7) is 1.65. The number of benzene rings is 1. The first kappa shape index (κ1) is 17.5. The van der Waals surface area contributed by atoms with E-state index in [0.717, 1.165) is 15.3 Å². The highest BCUT2D eigenvalue weighted by Crippen LogP contribution is 2.17. The Bertz CT molecular complexity index is 945. The van der Waals surface area contributed by atoms with E-state index in [-0.39, 0.29) is 0 Å². The fourth-order valence-electron chi connectivity index (χ4n) is 2.08. The number of sulfonamides is 1. The number of nitrogens with one attached hydrogen (secondary N) is 1.